The molecular formula is C13H20N2O2. The Morgan fingerprint density at radius 2 is 2.12 bits per heavy atom. The van der Waals surface area contributed by atoms with E-state index in [0.29, 0.717) is 13.0 Å². The quantitative estimate of drug-likeness (QED) is 0.616. The average Bonchev–Trinajstić information content (AvgIpc) is 2.30. The molecule has 0 aliphatic heterocycles. The van der Waals surface area contributed by atoms with Crippen molar-refractivity contribution < 1.29 is 9.90 Å². The Kier molecular flexibility index (Phi) is 5.66. The van der Waals surface area contributed by atoms with Crippen molar-refractivity contribution in [1.29, 1.82) is 0 Å². The van der Waals surface area contributed by atoms with Gasteiger partial charge in [-0.2, -0.15) is 0 Å². The molecule has 0 saturated carbocycles. The van der Waals surface area contributed by atoms with Crippen LogP contribution in [0.3, 0.4) is 0 Å². The van der Waals surface area contributed by atoms with Crippen LogP contribution in [0.1, 0.15) is 17.5 Å². The Morgan fingerprint density at radius 3 is 2.76 bits per heavy atom. The summed E-state index contributed by atoms with van der Waals surface area (Å²) in [6.45, 7) is 3.58. The van der Waals surface area contributed by atoms with E-state index < -0.39 is 12.0 Å². The highest BCUT2D eigenvalue weighted by Crippen LogP contribution is 2.06. The van der Waals surface area contributed by atoms with Crippen LogP contribution in [0.25, 0.3) is 0 Å². The fourth-order valence-electron chi connectivity index (χ4n) is 1.62. The zero-order chi connectivity index (χ0) is 12.7. The van der Waals surface area contributed by atoms with Crippen LogP contribution in [-0.2, 0) is 11.2 Å². The van der Waals surface area contributed by atoms with E-state index in [4.69, 9.17) is 10.8 Å². The highest BCUT2D eigenvalue weighted by atomic mass is 16.4. The van der Waals surface area contributed by atoms with Gasteiger partial charge < -0.3 is 16.2 Å². The van der Waals surface area contributed by atoms with Crippen LogP contribution in [0.4, 0.5) is 0 Å². The van der Waals surface area contributed by atoms with E-state index >= 15 is 0 Å². The monoisotopic (exact) mass is 236 g/mol. The van der Waals surface area contributed by atoms with Crippen LogP contribution < -0.4 is 11.1 Å². The molecule has 0 spiro atoms. The molecule has 94 valence electrons. The Labute approximate surface area is 102 Å². The van der Waals surface area contributed by atoms with Gasteiger partial charge in [0.15, 0.2) is 0 Å². The van der Waals surface area contributed by atoms with Gasteiger partial charge in [-0.3, -0.25) is 4.79 Å². The van der Waals surface area contributed by atoms with E-state index in [1.54, 1.807) is 0 Å². The van der Waals surface area contributed by atoms with Crippen LogP contribution in [0, 0.1) is 6.92 Å². The Bertz CT molecular complexity index is 366. The van der Waals surface area contributed by atoms with Gasteiger partial charge in [0.1, 0.15) is 6.04 Å². The number of carboxylic acid groups (broad SMARTS) is 1. The second kappa shape index (κ2) is 7.04. The normalized spacial score (nSPS) is 12.4. The van der Waals surface area contributed by atoms with E-state index in [1.807, 2.05) is 12.1 Å². The minimum absolute atomic E-state index is 0.461. The largest absolute Gasteiger partial charge is 0.480 e. The molecule has 0 saturated heterocycles. The lowest BCUT2D eigenvalue weighted by atomic mass is 10.1. The van der Waals surface area contributed by atoms with Crippen molar-refractivity contribution in [3.63, 3.8) is 0 Å². The molecule has 1 atom stereocenters. The average molecular weight is 236 g/mol. The SMILES string of the molecule is Cc1ccccc1CCNCCC(N)C(=O)O. The first-order valence-electron chi connectivity index (χ1n) is 5.85. The van der Waals surface area contributed by atoms with Gasteiger partial charge >= 0.3 is 5.97 Å². The maximum atomic E-state index is 10.5. The number of rotatable bonds is 7. The van der Waals surface area contributed by atoms with Gasteiger partial charge in [0.2, 0.25) is 0 Å². The van der Waals surface area contributed by atoms with Gasteiger partial charge in [0, 0.05) is 0 Å². The fraction of sp³-hybridized carbons (Fsp3) is 0.462. The molecule has 0 aliphatic carbocycles. The Hall–Kier alpha value is -1.39. The molecule has 0 aliphatic rings. The summed E-state index contributed by atoms with van der Waals surface area (Å²) in [5, 5.41) is 11.8. The Morgan fingerprint density at radius 1 is 1.41 bits per heavy atom. The zero-order valence-corrected chi connectivity index (χ0v) is 10.1. The van der Waals surface area contributed by atoms with E-state index in [9.17, 15) is 4.79 Å². The molecular weight excluding hydrogens is 216 g/mol. The minimum atomic E-state index is -0.939. The summed E-state index contributed by atoms with van der Waals surface area (Å²) in [5.74, 6) is -0.939. The second-order valence-corrected chi connectivity index (χ2v) is 4.16. The first-order valence-corrected chi connectivity index (χ1v) is 5.85. The number of aryl methyl sites for hydroxylation is 1. The van der Waals surface area contributed by atoms with E-state index in [1.165, 1.54) is 11.1 Å². The molecule has 1 aromatic carbocycles. The predicted molar refractivity (Wildman–Crippen MR) is 68.0 cm³/mol. The smallest absolute Gasteiger partial charge is 0.320 e. The lowest BCUT2D eigenvalue weighted by Gasteiger charge is -2.09. The maximum Gasteiger partial charge on any atom is 0.320 e. The van der Waals surface area contributed by atoms with Gasteiger partial charge in [0.25, 0.3) is 0 Å². The van der Waals surface area contributed by atoms with Crippen molar-refractivity contribution in [2.45, 2.75) is 25.8 Å². The third-order valence-electron chi connectivity index (χ3n) is 2.78. The topological polar surface area (TPSA) is 75.3 Å². The van der Waals surface area contributed by atoms with Crippen molar-refractivity contribution >= 4 is 5.97 Å². The highest BCUT2D eigenvalue weighted by Gasteiger charge is 2.09. The highest BCUT2D eigenvalue weighted by molar-refractivity contribution is 5.72. The number of nitrogens with one attached hydrogen (secondary N) is 1. The lowest BCUT2D eigenvalue weighted by molar-refractivity contribution is -0.138. The first kappa shape index (κ1) is 13.7. The van der Waals surface area contributed by atoms with Crippen LogP contribution in [0.5, 0.6) is 0 Å². The van der Waals surface area contributed by atoms with Crippen LogP contribution in [-0.4, -0.2) is 30.2 Å². The number of hydrogen-bond donors (Lipinski definition) is 3. The summed E-state index contributed by atoms with van der Waals surface area (Å²) >= 11 is 0. The number of aliphatic carboxylic acids is 1. The number of carbonyl (C=O) groups is 1. The number of hydrogen-bond acceptors (Lipinski definition) is 3. The second-order valence-electron chi connectivity index (χ2n) is 4.16. The molecule has 0 radical (unpaired) electrons. The molecule has 1 aromatic rings. The third kappa shape index (κ3) is 4.97. The Balaban J connectivity index is 2.17. The van der Waals surface area contributed by atoms with Gasteiger partial charge in [-0.25, -0.2) is 0 Å². The third-order valence-corrected chi connectivity index (χ3v) is 2.78. The minimum Gasteiger partial charge on any atom is -0.480 e. The van der Waals surface area contributed by atoms with E-state index in [0.717, 1.165) is 13.0 Å². The molecule has 4 N–H and O–H groups in total. The van der Waals surface area contributed by atoms with Crippen molar-refractivity contribution in [2.75, 3.05) is 13.1 Å². The van der Waals surface area contributed by atoms with Gasteiger partial charge in [-0.05, 0) is 44.0 Å². The van der Waals surface area contributed by atoms with Crippen LogP contribution in [0.15, 0.2) is 24.3 Å². The summed E-state index contributed by atoms with van der Waals surface area (Å²) < 4.78 is 0. The predicted octanol–water partition coefficient (Wildman–Crippen LogP) is 0.929. The van der Waals surface area contributed by atoms with E-state index in [-0.39, 0.29) is 0 Å². The molecule has 0 heterocycles. The standard InChI is InChI=1S/C13H20N2O2/c1-10-4-2-3-5-11(10)6-8-15-9-7-12(14)13(16)17/h2-5,12,15H,6-9,14H2,1H3,(H,16,17). The summed E-state index contributed by atoms with van der Waals surface area (Å²) in [6, 6.07) is 7.50. The summed E-state index contributed by atoms with van der Waals surface area (Å²) in [4.78, 5) is 10.5. The fourth-order valence-corrected chi connectivity index (χ4v) is 1.62. The molecule has 0 fully saturated rings. The zero-order valence-electron chi connectivity index (χ0n) is 10.1. The molecule has 0 bridgehead atoms. The summed E-state index contributed by atoms with van der Waals surface area (Å²) in [5.41, 5.74) is 8.00. The van der Waals surface area contributed by atoms with Crippen molar-refractivity contribution in [1.82, 2.24) is 5.32 Å². The number of carboxylic acids is 1. The number of nitrogens with two attached hydrogens (primary N) is 1. The van der Waals surface area contributed by atoms with Crippen LogP contribution >= 0.6 is 0 Å². The molecule has 1 rings (SSSR count). The molecule has 0 amide bonds. The molecule has 4 heteroatoms. The molecule has 17 heavy (non-hydrogen) atoms. The summed E-state index contributed by atoms with van der Waals surface area (Å²) in [6.07, 6.45) is 1.41. The maximum absolute atomic E-state index is 10.5. The molecule has 0 aromatic heterocycles. The summed E-state index contributed by atoms with van der Waals surface area (Å²) in [7, 11) is 0. The molecule has 1 unspecified atom stereocenters. The first-order chi connectivity index (χ1) is 8.11. The van der Waals surface area contributed by atoms with Crippen molar-refractivity contribution in [3.05, 3.63) is 35.4 Å². The van der Waals surface area contributed by atoms with E-state index in [2.05, 4.69) is 24.4 Å². The lowest BCUT2D eigenvalue weighted by Crippen LogP contribution is -2.34. The van der Waals surface area contributed by atoms with Gasteiger partial charge in [0.05, 0.1) is 0 Å². The number of benzene rings is 1. The molecule has 4 nitrogen and oxygen atoms in total. The van der Waals surface area contributed by atoms with Gasteiger partial charge in [-0.1, -0.05) is 24.3 Å². The van der Waals surface area contributed by atoms with Gasteiger partial charge in [-0.15, -0.1) is 0 Å². The van der Waals surface area contributed by atoms with Crippen LogP contribution in [0.2, 0.25) is 0 Å². The van der Waals surface area contributed by atoms with Crippen molar-refractivity contribution in [3.8, 4) is 0 Å². The van der Waals surface area contributed by atoms with Crippen molar-refractivity contribution in [2.24, 2.45) is 5.73 Å².